The van der Waals surface area contributed by atoms with Gasteiger partial charge in [-0.2, -0.15) is 0 Å². The van der Waals surface area contributed by atoms with Crippen LogP contribution in [0.25, 0.3) is 0 Å². The third-order valence-corrected chi connectivity index (χ3v) is 4.79. The molecule has 144 valence electrons. The van der Waals surface area contributed by atoms with Crippen molar-refractivity contribution in [1.82, 2.24) is 15.0 Å². The summed E-state index contributed by atoms with van der Waals surface area (Å²) in [6.45, 7) is 4.10. The molecular weight excluding hydrogens is 356 g/mol. The Kier molecular flexibility index (Phi) is 5.08. The van der Waals surface area contributed by atoms with E-state index < -0.39 is 0 Å². The molecule has 2 heterocycles. The van der Waals surface area contributed by atoms with Crippen molar-refractivity contribution in [2.24, 2.45) is 0 Å². The van der Waals surface area contributed by atoms with E-state index in [0.29, 0.717) is 18.7 Å². The van der Waals surface area contributed by atoms with Gasteiger partial charge in [-0.1, -0.05) is 35.0 Å². The summed E-state index contributed by atoms with van der Waals surface area (Å²) < 4.78 is 12.4. The highest BCUT2D eigenvalue weighted by atomic mass is 16.5. The van der Waals surface area contributed by atoms with Crippen molar-refractivity contribution >= 4 is 11.7 Å². The molecule has 0 radical (unpaired) electrons. The summed E-state index contributed by atoms with van der Waals surface area (Å²) in [5.74, 6) is -0.343. The predicted octanol–water partition coefficient (Wildman–Crippen LogP) is 2.96. The molecule has 3 aromatic rings. The Labute approximate surface area is 163 Å². The lowest BCUT2D eigenvalue weighted by molar-refractivity contribution is 0.0600. The number of esters is 1. The van der Waals surface area contributed by atoms with Crippen LogP contribution in [0.3, 0.4) is 0 Å². The van der Waals surface area contributed by atoms with Gasteiger partial charge in [-0.15, -0.1) is 5.10 Å². The molecule has 1 aliphatic heterocycles. The number of methoxy groups -OCH3 is 1. The molecule has 2 aromatic carbocycles. The molecule has 7 nitrogen and oxygen atoms in total. The van der Waals surface area contributed by atoms with Gasteiger partial charge >= 0.3 is 5.97 Å². The topological polar surface area (TPSA) is 69.5 Å². The first-order chi connectivity index (χ1) is 13.6. The Hall–Kier alpha value is -3.19. The highest BCUT2D eigenvalue weighted by molar-refractivity contribution is 5.89. The lowest BCUT2D eigenvalue weighted by Gasteiger charge is -2.23. The number of hydrogen-bond donors (Lipinski definition) is 0. The van der Waals surface area contributed by atoms with Crippen LogP contribution >= 0.6 is 0 Å². The summed E-state index contributed by atoms with van der Waals surface area (Å²) in [5.41, 5.74) is 4.67. The van der Waals surface area contributed by atoms with Gasteiger partial charge in [0, 0.05) is 12.2 Å². The zero-order valence-electron chi connectivity index (χ0n) is 15.9. The Morgan fingerprint density at radius 3 is 2.64 bits per heavy atom. The van der Waals surface area contributed by atoms with Gasteiger partial charge in [0.25, 0.3) is 0 Å². The number of carbonyl (C=O) groups is 1. The quantitative estimate of drug-likeness (QED) is 0.636. The molecule has 0 spiro atoms. The average Bonchev–Trinajstić information content (AvgIpc) is 3.38. The minimum Gasteiger partial charge on any atom is -0.465 e. The molecule has 0 bridgehead atoms. The van der Waals surface area contributed by atoms with Gasteiger partial charge < -0.3 is 14.4 Å². The Morgan fingerprint density at radius 2 is 1.93 bits per heavy atom. The number of rotatable bonds is 5. The summed E-state index contributed by atoms with van der Waals surface area (Å²) in [7, 11) is 1.37. The molecule has 0 N–H and O–H groups in total. The molecule has 0 aliphatic carbocycles. The fourth-order valence-electron chi connectivity index (χ4n) is 3.27. The standard InChI is InChI=1S/C21H22N4O3/c1-15-3-9-18(10-4-15)25-11-12-28-20(25)19-14-24(23-22-19)13-16-5-7-17(8-6-16)21(26)27-2/h3-10,14,20H,11-13H2,1-2H3/t20-/m0/s1. The molecule has 1 fully saturated rings. The second kappa shape index (κ2) is 7.82. The van der Waals surface area contributed by atoms with Crippen molar-refractivity contribution < 1.29 is 14.3 Å². The van der Waals surface area contributed by atoms with Gasteiger partial charge in [0.05, 0.1) is 32.0 Å². The van der Waals surface area contributed by atoms with E-state index in [1.165, 1.54) is 12.7 Å². The van der Waals surface area contributed by atoms with Crippen LogP contribution in [0.1, 0.15) is 33.4 Å². The molecule has 0 amide bonds. The molecule has 0 unspecified atom stereocenters. The van der Waals surface area contributed by atoms with Crippen molar-refractivity contribution in [1.29, 1.82) is 0 Å². The van der Waals surface area contributed by atoms with Crippen molar-refractivity contribution in [3.05, 3.63) is 77.1 Å². The van der Waals surface area contributed by atoms with Gasteiger partial charge in [0.15, 0.2) is 6.23 Å². The lowest BCUT2D eigenvalue weighted by atomic mass is 10.1. The predicted molar refractivity (Wildman–Crippen MR) is 104 cm³/mol. The monoisotopic (exact) mass is 378 g/mol. The third-order valence-electron chi connectivity index (χ3n) is 4.79. The normalized spacial score (nSPS) is 16.4. The van der Waals surface area contributed by atoms with Crippen molar-refractivity contribution in [2.75, 3.05) is 25.2 Å². The zero-order valence-corrected chi connectivity index (χ0v) is 15.9. The van der Waals surface area contributed by atoms with Gasteiger partial charge in [-0.3, -0.25) is 0 Å². The number of ether oxygens (including phenoxy) is 2. The molecule has 28 heavy (non-hydrogen) atoms. The first-order valence-electron chi connectivity index (χ1n) is 9.16. The smallest absolute Gasteiger partial charge is 0.337 e. The maximum Gasteiger partial charge on any atom is 0.337 e. The van der Waals surface area contributed by atoms with Gasteiger partial charge in [-0.25, -0.2) is 9.48 Å². The number of aryl methyl sites for hydroxylation is 1. The van der Waals surface area contributed by atoms with E-state index in [4.69, 9.17) is 9.47 Å². The van der Waals surface area contributed by atoms with Crippen molar-refractivity contribution in [3.63, 3.8) is 0 Å². The van der Waals surface area contributed by atoms with Crippen LogP contribution in [-0.2, 0) is 16.0 Å². The average molecular weight is 378 g/mol. The highest BCUT2D eigenvalue weighted by Gasteiger charge is 2.29. The van der Waals surface area contributed by atoms with Gasteiger partial charge in [-0.05, 0) is 36.8 Å². The summed E-state index contributed by atoms with van der Waals surface area (Å²) in [6.07, 6.45) is 1.67. The van der Waals surface area contributed by atoms with Crippen LogP contribution in [0.4, 0.5) is 5.69 Å². The summed E-state index contributed by atoms with van der Waals surface area (Å²) in [4.78, 5) is 13.7. The van der Waals surface area contributed by atoms with E-state index in [1.54, 1.807) is 16.8 Å². The molecule has 1 aromatic heterocycles. The van der Waals surface area contributed by atoms with Crippen LogP contribution < -0.4 is 4.90 Å². The van der Waals surface area contributed by atoms with Crippen molar-refractivity contribution in [2.45, 2.75) is 19.7 Å². The number of nitrogens with zero attached hydrogens (tertiary/aromatic N) is 4. The minimum atomic E-state index is -0.343. The van der Waals surface area contributed by atoms with E-state index in [1.807, 2.05) is 18.3 Å². The molecule has 1 aliphatic rings. The minimum absolute atomic E-state index is 0.238. The van der Waals surface area contributed by atoms with Crippen LogP contribution in [0.2, 0.25) is 0 Å². The fraction of sp³-hybridized carbons (Fsp3) is 0.286. The Balaban J connectivity index is 1.47. The van der Waals surface area contributed by atoms with Gasteiger partial charge in [0.2, 0.25) is 0 Å². The fourth-order valence-corrected chi connectivity index (χ4v) is 3.27. The van der Waals surface area contributed by atoms with Crippen LogP contribution in [0, 0.1) is 6.92 Å². The maximum atomic E-state index is 11.5. The van der Waals surface area contributed by atoms with Crippen molar-refractivity contribution in [3.8, 4) is 0 Å². The summed E-state index contributed by atoms with van der Waals surface area (Å²) in [5, 5.41) is 8.56. The number of anilines is 1. The lowest BCUT2D eigenvalue weighted by Crippen LogP contribution is -2.23. The molecule has 1 atom stereocenters. The first-order valence-corrected chi connectivity index (χ1v) is 9.16. The second-order valence-corrected chi connectivity index (χ2v) is 6.78. The van der Waals surface area contributed by atoms with Crippen LogP contribution in [0.15, 0.2) is 54.7 Å². The molecule has 7 heteroatoms. The van der Waals surface area contributed by atoms with E-state index >= 15 is 0 Å². The second-order valence-electron chi connectivity index (χ2n) is 6.78. The third kappa shape index (κ3) is 3.75. The van der Waals surface area contributed by atoms with E-state index in [-0.39, 0.29) is 12.2 Å². The van der Waals surface area contributed by atoms with Crippen LogP contribution in [0.5, 0.6) is 0 Å². The largest absolute Gasteiger partial charge is 0.465 e. The number of aromatic nitrogens is 3. The zero-order chi connectivity index (χ0) is 19.5. The highest BCUT2D eigenvalue weighted by Crippen LogP contribution is 2.31. The Bertz CT molecular complexity index is 951. The number of carbonyl (C=O) groups excluding carboxylic acids is 1. The number of benzene rings is 2. The molecular formula is C21H22N4O3. The Morgan fingerprint density at radius 1 is 1.18 bits per heavy atom. The SMILES string of the molecule is COC(=O)c1ccc(Cn2cc([C@@H]3OCCN3c3ccc(C)cc3)nn2)cc1. The first kappa shape index (κ1) is 18.2. The molecule has 1 saturated heterocycles. The molecule has 4 rings (SSSR count). The van der Waals surface area contributed by atoms with Crippen LogP contribution in [-0.4, -0.2) is 41.2 Å². The van der Waals surface area contributed by atoms with E-state index in [9.17, 15) is 4.79 Å². The van der Waals surface area contributed by atoms with E-state index in [0.717, 1.165) is 23.5 Å². The van der Waals surface area contributed by atoms with Gasteiger partial charge in [0.1, 0.15) is 5.69 Å². The summed E-state index contributed by atoms with van der Waals surface area (Å²) in [6, 6.07) is 15.7. The molecule has 0 saturated carbocycles. The maximum absolute atomic E-state index is 11.5. The summed E-state index contributed by atoms with van der Waals surface area (Å²) >= 11 is 0. The van der Waals surface area contributed by atoms with E-state index in [2.05, 4.69) is 46.4 Å². The number of hydrogen-bond acceptors (Lipinski definition) is 6.